The second kappa shape index (κ2) is 6.58. The van der Waals surface area contributed by atoms with Crippen LogP contribution in [0.2, 0.25) is 0 Å². The van der Waals surface area contributed by atoms with Crippen molar-refractivity contribution in [2.75, 3.05) is 0 Å². The van der Waals surface area contributed by atoms with Gasteiger partial charge in [0.15, 0.2) is 5.78 Å². The van der Waals surface area contributed by atoms with Crippen LogP contribution >= 0.6 is 0 Å². The van der Waals surface area contributed by atoms with E-state index in [1.807, 2.05) is 0 Å². The van der Waals surface area contributed by atoms with Crippen LogP contribution in [-0.2, 0) is 9.59 Å². The van der Waals surface area contributed by atoms with Gasteiger partial charge >= 0.3 is 12.4 Å². The number of alkyl halides is 6. The minimum absolute atomic E-state index is 0.554. The molecule has 0 bridgehead atoms. The van der Waals surface area contributed by atoms with Gasteiger partial charge in [0.25, 0.3) is 0 Å². The molecule has 0 rings (SSSR count). The predicted molar refractivity (Wildman–Crippen MR) is 68.2 cm³/mol. The third kappa shape index (κ3) is 4.23. The molecule has 0 saturated carbocycles. The fourth-order valence-electron chi connectivity index (χ4n) is 2.21. The molecule has 0 saturated heterocycles. The van der Waals surface area contributed by atoms with Crippen LogP contribution in [0.4, 0.5) is 26.3 Å². The summed E-state index contributed by atoms with van der Waals surface area (Å²) in [5.41, 5.74) is -5.06. The van der Waals surface area contributed by atoms with E-state index in [9.17, 15) is 35.9 Å². The standard InChI is InChI=1S/C14H20F6O2/c1-5-12(6-2,14(18,19)20)10(22)7-9(21)8-11(3,4)13(15,16)17/h5-8H2,1-4H3. The molecule has 2 nitrogen and oxygen atoms in total. The summed E-state index contributed by atoms with van der Waals surface area (Å²) in [6, 6.07) is 0. The normalized spacial score (nSPS) is 14.1. The Hall–Kier alpha value is -1.08. The maximum Gasteiger partial charge on any atom is 0.401 e. The lowest BCUT2D eigenvalue weighted by Gasteiger charge is -2.33. The van der Waals surface area contributed by atoms with E-state index in [2.05, 4.69) is 0 Å². The highest BCUT2D eigenvalue weighted by molar-refractivity contribution is 6.02. The zero-order chi connectivity index (χ0) is 18.0. The molecule has 0 aliphatic rings. The summed E-state index contributed by atoms with van der Waals surface area (Å²) < 4.78 is 77.3. The van der Waals surface area contributed by atoms with Crippen LogP contribution in [0.1, 0.15) is 53.4 Å². The quantitative estimate of drug-likeness (QED) is 0.492. The summed E-state index contributed by atoms with van der Waals surface area (Å²) in [6.45, 7) is 3.87. The Bertz CT molecular complexity index is 416. The first kappa shape index (κ1) is 20.9. The van der Waals surface area contributed by atoms with E-state index in [1.165, 1.54) is 13.8 Å². The number of hydrogen-bond donors (Lipinski definition) is 0. The molecule has 0 aromatic carbocycles. The molecule has 0 heterocycles. The Labute approximate surface area is 125 Å². The minimum Gasteiger partial charge on any atom is -0.299 e. The molecule has 0 aliphatic carbocycles. The summed E-state index contributed by atoms with van der Waals surface area (Å²) in [6.07, 6.45) is -12.8. The molecule has 22 heavy (non-hydrogen) atoms. The number of carbonyl (C=O) groups excluding carboxylic acids is 2. The SMILES string of the molecule is CCC(CC)(C(=O)CC(=O)CC(C)(C)C(F)(F)F)C(F)(F)F. The van der Waals surface area contributed by atoms with Crippen LogP contribution in [0, 0.1) is 10.8 Å². The van der Waals surface area contributed by atoms with Gasteiger partial charge in [-0.15, -0.1) is 0 Å². The molecule has 0 N–H and O–H groups in total. The maximum atomic E-state index is 13.1. The van der Waals surface area contributed by atoms with E-state index < -0.39 is 60.4 Å². The van der Waals surface area contributed by atoms with Crippen LogP contribution in [0.3, 0.4) is 0 Å². The van der Waals surface area contributed by atoms with E-state index in [-0.39, 0.29) is 0 Å². The lowest BCUT2D eigenvalue weighted by atomic mass is 9.74. The summed E-state index contributed by atoms with van der Waals surface area (Å²) in [7, 11) is 0. The van der Waals surface area contributed by atoms with Crippen molar-refractivity contribution in [1.29, 1.82) is 0 Å². The first-order chi connectivity index (χ1) is 9.64. The molecule has 0 aromatic rings. The molecule has 8 heteroatoms. The average Bonchev–Trinajstić information content (AvgIpc) is 2.26. The third-order valence-corrected chi connectivity index (χ3v) is 4.05. The van der Waals surface area contributed by atoms with E-state index >= 15 is 0 Å². The van der Waals surface area contributed by atoms with Crippen molar-refractivity contribution in [1.82, 2.24) is 0 Å². The maximum absolute atomic E-state index is 13.1. The fourth-order valence-corrected chi connectivity index (χ4v) is 2.21. The van der Waals surface area contributed by atoms with Crippen molar-refractivity contribution in [3.05, 3.63) is 0 Å². The molecule has 0 radical (unpaired) electrons. The van der Waals surface area contributed by atoms with Gasteiger partial charge in [-0.25, -0.2) is 0 Å². The Morgan fingerprint density at radius 1 is 0.818 bits per heavy atom. The zero-order valence-corrected chi connectivity index (χ0v) is 12.9. The van der Waals surface area contributed by atoms with Gasteiger partial charge < -0.3 is 0 Å². The van der Waals surface area contributed by atoms with Gasteiger partial charge in [0, 0.05) is 6.42 Å². The molecule has 0 unspecified atom stereocenters. The van der Waals surface area contributed by atoms with E-state index in [4.69, 9.17) is 0 Å². The fraction of sp³-hybridized carbons (Fsp3) is 0.857. The number of hydrogen-bond acceptors (Lipinski definition) is 2. The van der Waals surface area contributed by atoms with Gasteiger partial charge in [-0.2, -0.15) is 26.3 Å². The van der Waals surface area contributed by atoms with Gasteiger partial charge in [0.1, 0.15) is 11.2 Å². The highest BCUT2D eigenvalue weighted by Gasteiger charge is 2.57. The van der Waals surface area contributed by atoms with Crippen LogP contribution in [-0.4, -0.2) is 23.9 Å². The Balaban J connectivity index is 5.17. The molecular formula is C14H20F6O2. The van der Waals surface area contributed by atoms with E-state index in [0.717, 1.165) is 13.8 Å². The van der Waals surface area contributed by atoms with Gasteiger partial charge in [0.05, 0.1) is 11.8 Å². The summed E-state index contributed by atoms with van der Waals surface area (Å²) >= 11 is 0. The zero-order valence-electron chi connectivity index (χ0n) is 12.9. The summed E-state index contributed by atoms with van der Waals surface area (Å²) in [4.78, 5) is 23.5. The number of carbonyl (C=O) groups is 2. The summed E-state index contributed by atoms with van der Waals surface area (Å²) in [5, 5.41) is 0. The van der Waals surface area contributed by atoms with Gasteiger partial charge in [-0.05, 0) is 12.8 Å². The van der Waals surface area contributed by atoms with E-state index in [1.54, 1.807) is 0 Å². The molecule has 0 amide bonds. The lowest BCUT2D eigenvalue weighted by Crippen LogP contribution is -2.45. The van der Waals surface area contributed by atoms with Crippen LogP contribution in [0.5, 0.6) is 0 Å². The highest BCUT2D eigenvalue weighted by Crippen LogP contribution is 2.46. The first-order valence-corrected chi connectivity index (χ1v) is 6.83. The number of halogens is 6. The molecular weight excluding hydrogens is 314 g/mol. The monoisotopic (exact) mass is 334 g/mol. The smallest absolute Gasteiger partial charge is 0.299 e. The van der Waals surface area contributed by atoms with Crippen LogP contribution in [0.15, 0.2) is 0 Å². The third-order valence-electron chi connectivity index (χ3n) is 4.05. The topological polar surface area (TPSA) is 34.1 Å². The number of ketones is 2. The second-order valence-electron chi connectivity index (χ2n) is 5.98. The Morgan fingerprint density at radius 3 is 1.50 bits per heavy atom. The highest BCUT2D eigenvalue weighted by atomic mass is 19.4. The van der Waals surface area contributed by atoms with Gasteiger partial charge in [-0.3, -0.25) is 9.59 Å². The van der Waals surface area contributed by atoms with Crippen LogP contribution < -0.4 is 0 Å². The van der Waals surface area contributed by atoms with Crippen molar-refractivity contribution in [2.24, 2.45) is 10.8 Å². The first-order valence-electron chi connectivity index (χ1n) is 6.83. The minimum atomic E-state index is -4.84. The molecule has 0 spiro atoms. The summed E-state index contributed by atoms with van der Waals surface area (Å²) in [5.74, 6) is -2.50. The molecule has 0 aromatic heterocycles. The van der Waals surface area contributed by atoms with Crippen molar-refractivity contribution >= 4 is 11.6 Å². The van der Waals surface area contributed by atoms with Gasteiger partial charge in [-0.1, -0.05) is 27.7 Å². The Morgan fingerprint density at radius 2 is 1.23 bits per heavy atom. The number of Topliss-reactive ketones (excluding diaryl/α,β-unsaturated/α-hetero) is 2. The molecule has 0 fully saturated rings. The second-order valence-corrected chi connectivity index (χ2v) is 5.98. The van der Waals surface area contributed by atoms with Crippen molar-refractivity contribution in [3.8, 4) is 0 Å². The number of rotatable bonds is 7. The molecule has 0 atom stereocenters. The largest absolute Gasteiger partial charge is 0.401 e. The van der Waals surface area contributed by atoms with Crippen molar-refractivity contribution < 1.29 is 35.9 Å². The molecule has 130 valence electrons. The molecule has 0 aliphatic heterocycles. The van der Waals surface area contributed by atoms with Crippen molar-refractivity contribution in [3.63, 3.8) is 0 Å². The van der Waals surface area contributed by atoms with Gasteiger partial charge in [0.2, 0.25) is 0 Å². The lowest BCUT2D eigenvalue weighted by molar-refractivity contribution is -0.223. The average molecular weight is 334 g/mol. The van der Waals surface area contributed by atoms with Crippen LogP contribution in [0.25, 0.3) is 0 Å². The van der Waals surface area contributed by atoms with E-state index in [0.29, 0.717) is 0 Å². The predicted octanol–water partition coefficient (Wildman–Crippen LogP) is 4.86. The van der Waals surface area contributed by atoms with Crippen molar-refractivity contribution in [2.45, 2.75) is 65.7 Å². The Kier molecular flexibility index (Phi) is 6.26.